The highest BCUT2D eigenvalue weighted by molar-refractivity contribution is 7.14. The zero-order valence-electron chi connectivity index (χ0n) is 27.4. The summed E-state index contributed by atoms with van der Waals surface area (Å²) in [5.41, 5.74) is -0.0648. The van der Waals surface area contributed by atoms with Crippen LogP contribution in [0.3, 0.4) is 0 Å². The Morgan fingerprint density at radius 2 is 1.71 bits per heavy atom. The minimum Gasteiger partial charge on any atom is -0.506 e. The van der Waals surface area contributed by atoms with Crippen LogP contribution in [-0.4, -0.2) is 118 Å². The number of urea groups is 1. The van der Waals surface area contributed by atoms with Gasteiger partial charge in [0.1, 0.15) is 10.8 Å². The van der Waals surface area contributed by atoms with Gasteiger partial charge in [0.2, 0.25) is 11.8 Å². The number of rotatable bonds is 7. The Kier molecular flexibility index (Phi) is 9.52. The van der Waals surface area contributed by atoms with Crippen molar-refractivity contribution in [3.63, 3.8) is 0 Å². The third kappa shape index (κ3) is 6.98. The van der Waals surface area contributed by atoms with Crippen LogP contribution in [0.15, 0.2) is 23.6 Å². The molecule has 0 aliphatic carbocycles. The van der Waals surface area contributed by atoms with E-state index in [0.29, 0.717) is 63.7 Å². The second kappa shape index (κ2) is 13.6. The van der Waals surface area contributed by atoms with Crippen molar-refractivity contribution in [3.8, 4) is 5.75 Å². The molecule has 266 valence electrons. The number of likely N-dealkylation sites (tertiary alicyclic amines) is 4. The Bertz CT molecular complexity index is 1590. The molecular weight excluding hydrogens is 681 g/mol. The summed E-state index contributed by atoms with van der Waals surface area (Å²) in [6.45, 7) is 4.48. The van der Waals surface area contributed by atoms with Gasteiger partial charge in [-0.05, 0) is 74.7 Å². The summed E-state index contributed by atoms with van der Waals surface area (Å²) in [5.74, 6) is -2.45. The first-order chi connectivity index (χ1) is 23.4. The maximum absolute atomic E-state index is 14.1. The number of carbonyl (C=O) groups excluding carboxylic acids is 3. The van der Waals surface area contributed by atoms with Crippen LogP contribution in [0.2, 0.25) is 5.02 Å². The van der Waals surface area contributed by atoms with E-state index in [0.717, 1.165) is 42.6 Å². The molecule has 15 heteroatoms. The highest BCUT2D eigenvalue weighted by Gasteiger charge is 2.45. The van der Waals surface area contributed by atoms with Crippen LogP contribution in [0.25, 0.3) is 0 Å². The number of hydrogen-bond acceptors (Lipinski definition) is 7. The predicted octanol–water partition coefficient (Wildman–Crippen LogP) is 5.09. The molecule has 6 heterocycles. The molecular formula is C34H42ClF3N6O4S. The van der Waals surface area contributed by atoms with Gasteiger partial charge in [-0.3, -0.25) is 19.8 Å². The molecule has 1 aromatic carbocycles. The van der Waals surface area contributed by atoms with Crippen molar-refractivity contribution in [3.05, 3.63) is 45.3 Å². The van der Waals surface area contributed by atoms with Crippen molar-refractivity contribution in [2.24, 2.45) is 5.92 Å². The summed E-state index contributed by atoms with van der Waals surface area (Å²) in [4.78, 5) is 50.9. The van der Waals surface area contributed by atoms with Gasteiger partial charge in [-0.1, -0.05) is 11.6 Å². The standard InChI is InChI=1S/C34H42ClF3N6O4S/c1-40-18-26-16-25(40)19-43(26)23-4-9-42(10-5-23)32(47)22(12-20-13-27(34(36,37)38)30(46)28(35)14-20)15-29(45)41-7-2-24(3-8-41)44-17-21-6-11-49-31(21)39-33(44)48/h6,11,13-14,22-26,46H,2-5,7-10,12,15-19H2,1H3,(H,39,48)/t22-,25?,26?/m0/s1. The number of nitrogens with zero attached hydrogens (tertiary/aromatic N) is 5. The van der Waals surface area contributed by atoms with E-state index < -0.39 is 28.4 Å². The van der Waals surface area contributed by atoms with Gasteiger partial charge >= 0.3 is 12.2 Å². The Morgan fingerprint density at radius 3 is 2.37 bits per heavy atom. The van der Waals surface area contributed by atoms with Crippen molar-refractivity contribution in [1.29, 1.82) is 0 Å². The molecule has 5 aliphatic heterocycles. The van der Waals surface area contributed by atoms with Crippen LogP contribution in [0, 0.1) is 5.92 Å². The lowest BCUT2D eigenvalue weighted by Crippen LogP contribution is -2.54. The van der Waals surface area contributed by atoms with Gasteiger partial charge in [0, 0.05) is 75.4 Å². The zero-order valence-corrected chi connectivity index (χ0v) is 29.0. The summed E-state index contributed by atoms with van der Waals surface area (Å²) in [6, 6.07) is 5.38. The second-order valence-electron chi connectivity index (χ2n) is 14.3. The lowest BCUT2D eigenvalue weighted by Gasteiger charge is -2.42. The first-order valence-corrected chi connectivity index (χ1v) is 18.4. The number of piperidine rings is 2. The minimum absolute atomic E-state index is 0.0398. The van der Waals surface area contributed by atoms with E-state index in [1.165, 1.54) is 23.8 Å². The predicted molar refractivity (Wildman–Crippen MR) is 180 cm³/mol. The normalized spacial score (nSPS) is 24.8. The van der Waals surface area contributed by atoms with Crippen LogP contribution in [0.4, 0.5) is 23.0 Å². The van der Waals surface area contributed by atoms with E-state index in [1.54, 1.807) is 9.80 Å². The molecule has 0 saturated carbocycles. The average molecular weight is 723 g/mol. The van der Waals surface area contributed by atoms with Gasteiger partial charge in [0.05, 0.1) is 23.0 Å². The van der Waals surface area contributed by atoms with Crippen LogP contribution < -0.4 is 5.32 Å². The summed E-state index contributed by atoms with van der Waals surface area (Å²) < 4.78 is 41.2. The van der Waals surface area contributed by atoms with Crippen molar-refractivity contribution >= 4 is 45.8 Å². The molecule has 49 heavy (non-hydrogen) atoms. The number of amides is 4. The first kappa shape index (κ1) is 34.4. The van der Waals surface area contributed by atoms with Crippen LogP contribution in [-0.2, 0) is 28.7 Å². The molecule has 1 aromatic heterocycles. The number of anilines is 1. The SMILES string of the molecule is CN1CC2CC1CN2C1CCN(C(=O)[C@H](CC(=O)N2CCC(N3Cc4ccsc4NC3=O)CC2)Cc2cc(Cl)c(O)c(C(F)(F)F)c2)CC1. The number of piperazine rings is 1. The number of nitrogens with one attached hydrogen (secondary N) is 1. The van der Waals surface area contributed by atoms with E-state index in [-0.39, 0.29) is 42.3 Å². The molecule has 4 fully saturated rings. The number of carbonyl (C=O) groups is 3. The maximum atomic E-state index is 14.1. The first-order valence-electron chi connectivity index (χ1n) is 17.1. The molecule has 3 atom stereocenters. The van der Waals surface area contributed by atoms with Crippen molar-refractivity contribution in [2.75, 3.05) is 51.6 Å². The molecule has 2 bridgehead atoms. The van der Waals surface area contributed by atoms with E-state index in [9.17, 15) is 32.7 Å². The van der Waals surface area contributed by atoms with E-state index in [2.05, 4.69) is 22.2 Å². The van der Waals surface area contributed by atoms with Crippen LogP contribution in [0.1, 0.15) is 55.2 Å². The topological polar surface area (TPSA) is 99.7 Å². The van der Waals surface area contributed by atoms with E-state index >= 15 is 0 Å². The van der Waals surface area contributed by atoms with Gasteiger partial charge in [0.25, 0.3) is 0 Å². The van der Waals surface area contributed by atoms with Gasteiger partial charge in [-0.2, -0.15) is 13.2 Å². The lowest BCUT2D eigenvalue weighted by molar-refractivity contribution is -0.143. The van der Waals surface area contributed by atoms with Gasteiger partial charge in [-0.25, -0.2) is 4.79 Å². The number of likely N-dealkylation sites (N-methyl/N-ethyl adjacent to an activating group) is 1. The third-order valence-electron chi connectivity index (χ3n) is 11.3. The number of halogens is 4. The van der Waals surface area contributed by atoms with Crippen molar-refractivity contribution < 1.29 is 32.7 Å². The average Bonchev–Trinajstić information content (AvgIpc) is 3.80. The smallest absolute Gasteiger partial charge is 0.420 e. The van der Waals surface area contributed by atoms with Crippen molar-refractivity contribution in [2.45, 2.75) is 81.8 Å². The number of thiophene rings is 1. The van der Waals surface area contributed by atoms with Gasteiger partial charge < -0.3 is 24.7 Å². The molecule has 2 N–H and O–H groups in total. The Balaban J connectivity index is 1.02. The summed E-state index contributed by atoms with van der Waals surface area (Å²) in [6.07, 6.45) is -1.15. The maximum Gasteiger partial charge on any atom is 0.420 e. The fourth-order valence-electron chi connectivity index (χ4n) is 8.60. The second-order valence-corrected chi connectivity index (χ2v) is 15.6. The monoisotopic (exact) mass is 722 g/mol. The fourth-order valence-corrected chi connectivity index (χ4v) is 9.64. The lowest BCUT2D eigenvalue weighted by atomic mass is 9.91. The Hall–Kier alpha value is -3.07. The van der Waals surface area contributed by atoms with Crippen molar-refractivity contribution in [1.82, 2.24) is 24.5 Å². The minimum atomic E-state index is -4.84. The molecule has 2 aromatic rings. The molecule has 5 aliphatic rings. The number of alkyl halides is 3. The fraction of sp³-hybridized carbons (Fsp3) is 0.618. The van der Waals surface area contributed by atoms with Gasteiger partial charge in [-0.15, -0.1) is 11.3 Å². The summed E-state index contributed by atoms with van der Waals surface area (Å²) in [5, 5.41) is 15.3. The number of fused-ring (bicyclic) bond motifs is 3. The number of phenols is 1. The summed E-state index contributed by atoms with van der Waals surface area (Å²) >= 11 is 7.52. The Morgan fingerprint density at radius 1 is 1.02 bits per heavy atom. The van der Waals surface area contributed by atoms with E-state index in [1.807, 2.05) is 16.3 Å². The molecule has 0 radical (unpaired) electrons. The highest BCUT2D eigenvalue weighted by Crippen LogP contribution is 2.41. The molecule has 4 amide bonds. The largest absolute Gasteiger partial charge is 0.506 e. The van der Waals surface area contributed by atoms with Crippen LogP contribution in [0.5, 0.6) is 5.75 Å². The molecule has 0 spiro atoms. The molecule has 10 nitrogen and oxygen atoms in total. The number of hydrogen-bond donors (Lipinski definition) is 2. The van der Waals surface area contributed by atoms with Crippen LogP contribution >= 0.6 is 22.9 Å². The van der Waals surface area contributed by atoms with Gasteiger partial charge in [0.15, 0.2) is 0 Å². The molecule has 2 unspecified atom stereocenters. The van der Waals surface area contributed by atoms with E-state index in [4.69, 9.17) is 11.6 Å². The molecule has 7 rings (SSSR count). The zero-order chi connectivity index (χ0) is 34.6. The third-order valence-corrected chi connectivity index (χ3v) is 12.5. The quantitative estimate of drug-likeness (QED) is 0.413. The number of aromatic hydroxyl groups is 1. The Labute approximate surface area is 292 Å². The highest BCUT2D eigenvalue weighted by atomic mass is 35.5. The molecule has 4 saturated heterocycles. The number of benzene rings is 1. The summed E-state index contributed by atoms with van der Waals surface area (Å²) in [7, 11) is 2.17. The number of phenolic OH excluding ortho intramolecular Hbond substituents is 1.